The number of rotatable bonds is 3. The second kappa shape index (κ2) is 4.93. The molecular formula is C11H18N2O3. The molecule has 16 heavy (non-hydrogen) atoms. The van der Waals surface area contributed by atoms with Crippen LogP contribution in [0.2, 0.25) is 0 Å². The highest BCUT2D eigenvalue weighted by atomic mass is 16.5. The molecule has 90 valence electrons. The normalized spacial score (nSPS) is 31.2. The monoisotopic (exact) mass is 226 g/mol. The zero-order chi connectivity index (χ0) is 11.5. The van der Waals surface area contributed by atoms with Crippen LogP contribution in [0.15, 0.2) is 0 Å². The van der Waals surface area contributed by atoms with Crippen LogP contribution in [0.1, 0.15) is 25.7 Å². The smallest absolute Gasteiger partial charge is 0.246 e. The minimum Gasteiger partial charge on any atom is -0.377 e. The van der Waals surface area contributed by atoms with E-state index < -0.39 is 0 Å². The van der Waals surface area contributed by atoms with Crippen LogP contribution in [-0.2, 0) is 14.3 Å². The average molecular weight is 226 g/mol. The number of carbonyl (C=O) groups is 2. The highest BCUT2D eigenvalue weighted by Gasteiger charge is 2.35. The average Bonchev–Trinajstić information content (AvgIpc) is 2.56. The van der Waals surface area contributed by atoms with Crippen molar-refractivity contribution in [3.05, 3.63) is 0 Å². The largest absolute Gasteiger partial charge is 0.377 e. The van der Waals surface area contributed by atoms with Crippen LogP contribution in [0.25, 0.3) is 0 Å². The van der Waals surface area contributed by atoms with Gasteiger partial charge in [0.2, 0.25) is 11.8 Å². The van der Waals surface area contributed by atoms with Gasteiger partial charge in [-0.25, -0.2) is 0 Å². The Morgan fingerprint density at radius 1 is 1.44 bits per heavy atom. The Morgan fingerprint density at radius 3 is 2.81 bits per heavy atom. The summed E-state index contributed by atoms with van der Waals surface area (Å²) in [4.78, 5) is 24.1. The van der Waals surface area contributed by atoms with E-state index in [1.165, 1.54) is 18.4 Å². The maximum atomic E-state index is 11.6. The minimum absolute atomic E-state index is 0.105. The quantitative estimate of drug-likeness (QED) is 0.683. The molecule has 5 nitrogen and oxygen atoms in total. The Hall–Kier alpha value is -0.940. The second-order valence-electron chi connectivity index (χ2n) is 4.44. The van der Waals surface area contributed by atoms with Gasteiger partial charge >= 0.3 is 0 Å². The number of hydrogen-bond donors (Lipinski definition) is 1. The minimum atomic E-state index is -0.344. The van der Waals surface area contributed by atoms with Gasteiger partial charge in [-0.3, -0.25) is 14.5 Å². The van der Waals surface area contributed by atoms with E-state index in [2.05, 4.69) is 5.32 Å². The third-order valence-corrected chi connectivity index (χ3v) is 3.25. The van der Waals surface area contributed by atoms with E-state index in [-0.39, 0.29) is 30.4 Å². The number of imide groups is 1. The molecular weight excluding hydrogens is 208 g/mol. The number of nitrogens with zero attached hydrogens (tertiary/aromatic N) is 1. The summed E-state index contributed by atoms with van der Waals surface area (Å²) in [6, 6.07) is -0.344. The van der Waals surface area contributed by atoms with Gasteiger partial charge in [0.05, 0.1) is 18.6 Å². The van der Waals surface area contributed by atoms with Gasteiger partial charge in [-0.2, -0.15) is 0 Å². The first-order valence-electron chi connectivity index (χ1n) is 5.84. The van der Waals surface area contributed by atoms with Crippen LogP contribution in [-0.4, -0.2) is 49.1 Å². The SMILES string of the molecule is CN1C(=O)CC(NCC2CCCCO2)C1=O. The van der Waals surface area contributed by atoms with Crippen molar-refractivity contribution in [1.29, 1.82) is 0 Å². The highest BCUT2D eigenvalue weighted by molar-refractivity contribution is 6.05. The first kappa shape index (κ1) is 11.5. The maximum Gasteiger partial charge on any atom is 0.246 e. The van der Waals surface area contributed by atoms with Crippen molar-refractivity contribution < 1.29 is 14.3 Å². The van der Waals surface area contributed by atoms with Crippen molar-refractivity contribution in [1.82, 2.24) is 10.2 Å². The predicted octanol–water partition coefficient (Wildman–Crippen LogP) is -0.0976. The van der Waals surface area contributed by atoms with Crippen molar-refractivity contribution in [2.45, 2.75) is 37.8 Å². The fraction of sp³-hybridized carbons (Fsp3) is 0.818. The number of ether oxygens (including phenoxy) is 1. The van der Waals surface area contributed by atoms with Gasteiger partial charge in [0, 0.05) is 20.2 Å². The van der Waals surface area contributed by atoms with Crippen LogP contribution in [0.3, 0.4) is 0 Å². The molecule has 0 aromatic heterocycles. The summed E-state index contributed by atoms with van der Waals surface area (Å²) in [6.45, 7) is 1.47. The fourth-order valence-corrected chi connectivity index (χ4v) is 2.16. The Labute approximate surface area is 95.1 Å². The molecule has 2 aliphatic heterocycles. The summed E-state index contributed by atoms with van der Waals surface area (Å²) in [7, 11) is 1.53. The summed E-state index contributed by atoms with van der Waals surface area (Å²) in [5, 5.41) is 3.12. The summed E-state index contributed by atoms with van der Waals surface area (Å²) >= 11 is 0. The maximum absolute atomic E-state index is 11.6. The van der Waals surface area contributed by atoms with Gasteiger partial charge in [0.1, 0.15) is 0 Å². The first-order valence-corrected chi connectivity index (χ1v) is 5.84. The summed E-state index contributed by atoms with van der Waals surface area (Å²) in [6.07, 6.45) is 3.83. The number of likely N-dealkylation sites (N-methyl/N-ethyl adjacent to an activating group) is 1. The summed E-state index contributed by atoms with van der Waals surface area (Å²) in [5.41, 5.74) is 0. The molecule has 0 aromatic rings. The fourth-order valence-electron chi connectivity index (χ4n) is 2.16. The van der Waals surface area contributed by atoms with Crippen molar-refractivity contribution in [3.63, 3.8) is 0 Å². The Balaban J connectivity index is 1.77. The van der Waals surface area contributed by atoms with E-state index >= 15 is 0 Å². The van der Waals surface area contributed by atoms with Gasteiger partial charge in [0.15, 0.2) is 0 Å². The number of carbonyl (C=O) groups excluding carboxylic acids is 2. The van der Waals surface area contributed by atoms with E-state index in [1.54, 1.807) is 0 Å². The van der Waals surface area contributed by atoms with E-state index in [0.29, 0.717) is 6.54 Å². The molecule has 2 aliphatic rings. The number of nitrogens with one attached hydrogen (secondary N) is 1. The van der Waals surface area contributed by atoms with Crippen LogP contribution >= 0.6 is 0 Å². The molecule has 0 radical (unpaired) electrons. The second-order valence-corrected chi connectivity index (χ2v) is 4.44. The molecule has 0 aliphatic carbocycles. The molecule has 0 aromatic carbocycles. The van der Waals surface area contributed by atoms with E-state index in [0.717, 1.165) is 19.4 Å². The van der Waals surface area contributed by atoms with Crippen LogP contribution in [0.5, 0.6) is 0 Å². The topological polar surface area (TPSA) is 58.6 Å². The van der Waals surface area contributed by atoms with Gasteiger partial charge in [0.25, 0.3) is 0 Å². The first-order chi connectivity index (χ1) is 7.68. The van der Waals surface area contributed by atoms with E-state index in [9.17, 15) is 9.59 Å². The van der Waals surface area contributed by atoms with Gasteiger partial charge in [-0.05, 0) is 19.3 Å². The standard InChI is InChI=1S/C11H18N2O3/c1-13-10(14)6-9(11(13)15)12-7-8-4-2-3-5-16-8/h8-9,12H,2-7H2,1H3. The molecule has 0 saturated carbocycles. The molecule has 0 spiro atoms. The van der Waals surface area contributed by atoms with Crippen LogP contribution < -0.4 is 5.32 Å². The predicted molar refractivity (Wildman–Crippen MR) is 57.8 cm³/mol. The van der Waals surface area contributed by atoms with Crippen molar-refractivity contribution >= 4 is 11.8 Å². The van der Waals surface area contributed by atoms with Crippen LogP contribution in [0, 0.1) is 0 Å². The molecule has 2 atom stereocenters. The lowest BCUT2D eigenvalue weighted by molar-refractivity contribution is -0.137. The molecule has 5 heteroatoms. The molecule has 2 saturated heterocycles. The Kier molecular flexibility index (Phi) is 3.56. The Bertz CT molecular complexity index is 287. The summed E-state index contributed by atoms with van der Waals surface area (Å²) in [5.74, 6) is -0.229. The number of likely N-dealkylation sites (tertiary alicyclic amines) is 1. The molecule has 2 amide bonds. The molecule has 2 fully saturated rings. The zero-order valence-electron chi connectivity index (χ0n) is 9.57. The Morgan fingerprint density at radius 2 is 2.25 bits per heavy atom. The molecule has 2 rings (SSSR count). The molecule has 0 bridgehead atoms. The van der Waals surface area contributed by atoms with Gasteiger partial charge in [-0.15, -0.1) is 0 Å². The van der Waals surface area contributed by atoms with Crippen LogP contribution in [0.4, 0.5) is 0 Å². The van der Waals surface area contributed by atoms with E-state index in [4.69, 9.17) is 4.74 Å². The molecule has 2 heterocycles. The van der Waals surface area contributed by atoms with Crippen molar-refractivity contribution in [2.24, 2.45) is 0 Å². The molecule has 2 unspecified atom stereocenters. The number of hydrogen-bond acceptors (Lipinski definition) is 4. The third kappa shape index (κ3) is 2.41. The lowest BCUT2D eigenvalue weighted by atomic mass is 10.1. The highest BCUT2D eigenvalue weighted by Crippen LogP contribution is 2.14. The zero-order valence-corrected chi connectivity index (χ0v) is 9.57. The molecule has 1 N–H and O–H groups in total. The summed E-state index contributed by atoms with van der Waals surface area (Å²) < 4.78 is 5.55. The van der Waals surface area contributed by atoms with Crippen molar-refractivity contribution in [3.8, 4) is 0 Å². The van der Waals surface area contributed by atoms with Gasteiger partial charge in [-0.1, -0.05) is 0 Å². The third-order valence-electron chi connectivity index (χ3n) is 3.25. The number of amides is 2. The lowest BCUT2D eigenvalue weighted by Gasteiger charge is -2.23. The van der Waals surface area contributed by atoms with Crippen molar-refractivity contribution in [2.75, 3.05) is 20.2 Å². The van der Waals surface area contributed by atoms with Gasteiger partial charge < -0.3 is 10.1 Å². The van der Waals surface area contributed by atoms with E-state index in [1.807, 2.05) is 0 Å². The lowest BCUT2D eigenvalue weighted by Crippen LogP contribution is -2.42.